The van der Waals surface area contributed by atoms with Gasteiger partial charge in [0, 0.05) is 4.48 Å². The molecule has 0 bridgehead atoms. The van der Waals surface area contributed by atoms with E-state index < -0.39 is 5.83 Å². The molecular formula is C26H42BrF. The Hall–Kier alpha value is -1.93. The molecule has 0 rings (SSSR count). The van der Waals surface area contributed by atoms with Gasteiger partial charge in [0.15, 0.2) is 0 Å². The van der Waals surface area contributed by atoms with Crippen molar-refractivity contribution in [3.63, 3.8) is 0 Å². The highest BCUT2D eigenvalue weighted by molar-refractivity contribution is 9.11. The van der Waals surface area contributed by atoms with Gasteiger partial charge in [0.05, 0.1) is 0 Å². The Kier molecular flexibility index (Phi) is 39.3. The van der Waals surface area contributed by atoms with Crippen LogP contribution in [0.25, 0.3) is 0 Å². The summed E-state index contributed by atoms with van der Waals surface area (Å²) in [6.45, 7) is 37.4. The maximum atomic E-state index is 12.3. The molecule has 0 atom stereocenters. The van der Waals surface area contributed by atoms with Gasteiger partial charge in [0.1, 0.15) is 5.83 Å². The third kappa shape index (κ3) is 44.0. The summed E-state index contributed by atoms with van der Waals surface area (Å²) < 4.78 is 13.1. The van der Waals surface area contributed by atoms with Crippen molar-refractivity contribution < 1.29 is 4.39 Å². The minimum absolute atomic E-state index is 0.497. The lowest BCUT2D eigenvalue weighted by Crippen LogP contribution is -1.78. The normalized spacial score (nSPS) is 8.79. The van der Waals surface area contributed by atoms with Gasteiger partial charge in [0.25, 0.3) is 0 Å². The molecule has 0 aromatic carbocycles. The average molecular weight is 454 g/mol. The van der Waals surface area contributed by atoms with Crippen LogP contribution < -0.4 is 0 Å². The van der Waals surface area contributed by atoms with Crippen LogP contribution in [0.3, 0.4) is 0 Å². The molecule has 0 aromatic heterocycles. The molecule has 0 amide bonds. The van der Waals surface area contributed by atoms with Crippen LogP contribution in [0.15, 0.2) is 109 Å². The van der Waals surface area contributed by atoms with E-state index in [9.17, 15) is 4.39 Å². The Labute approximate surface area is 184 Å². The fourth-order valence-electron chi connectivity index (χ4n) is 0.881. The molecule has 0 unspecified atom stereocenters. The van der Waals surface area contributed by atoms with Crippen LogP contribution in [0, 0.1) is 0 Å². The quantitative estimate of drug-likeness (QED) is 0.336. The van der Waals surface area contributed by atoms with Gasteiger partial charge in [-0.05, 0) is 37.1 Å². The molecule has 0 fully saturated rings. The van der Waals surface area contributed by atoms with Gasteiger partial charge in [-0.25, -0.2) is 4.39 Å². The Bertz CT molecular complexity index is 505. The third-order valence-corrected chi connectivity index (χ3v) is 2.26. The number of halogens is 2. The summed E-state index contributed by atoms with van der Waals surface area (Å²) in [6.07, 6.45) is 10.2. The standard InChI is InChI=1S/C13H15F.C7H9Br.3C2H6/c1-10(2)6-7-11(3)12(4)8-9-13(5)14;1-6(2)4-5-7(3)8;3*1-2/h6-9H,1,3-5H2,2H3;4-5H,1,3H2,2H3;3*1-2H3/b7-6-,9-8-;5-4-;;;. The third-order valence-electron chi connectivity index (χ3n) is 2.00. The summed E-state index contributed by atoms with van der Waals surface area (Å²) in [5, 5.41) is 0. The van der Waals surface area contributed by atoms with Crippen molar-refractivity contribution in [2.24, 2.45) is 0 Å². The zero-order valence-corrected chi connectivity index (χ0v) is 21.0. The highest BCUT2D eigenvalue weighted by atomic mass is 79.9. The van der Waals surface area contributed by atoms with Crippen molar-refractivity contribution in [3.8, 4) is 0 Å². The van der Waals surface area contributed by atoms with Crippen molar-refractivity contribution in [2.45, 2.75) is 55.4 Å². The monoisotopic (exact) mass is 452 g/mol. The van der Waals surface area contributed by atoms with Gasteiger partial charge in [-0.3, -0.25) is 0 Å². The second-order valence-corrected chi connectivity index (χ2v) is 5.66. The van der Waals surface area contributed by atoms with Gasteiger partial charge in [0.2, 0.25) is 0 Å². The van der Waals surface area contributed by atoms with Gasteiger partial charge in [-0.2, -0.15) is 0 Å². The van der Waals surface area contributed by atoms with E-state index in [0.717, 1.165) is 21.2 Å². The molecule has 0 aliphatic carbocycles. The second kappa shape index (κ2) is 29.8. The van der Waals surface area contributed by atoms with Gasteiger partial charge >= 0.3 is 0 Å². The summed E-state index contributed by atoms with van der Waals surface area (Å²) >= 11 is 3.18. The van der Waals surface area contributed by atoms with Crippen molar-refractivity contribution >= 4 is 15.9 Å². The first-order chi connectivity index (χ1) is 13.1. The first-order valence-corrected chi connectivity index (χ1v) is 10.3. The Morgan fingerprint density at radius 1 is 0.571 bits per heavy atom. The fraction of sp³-hybridized carbons (Fsp3) is 0.308. The van der Waals surface area contributed by atoms with Gasteiger partial charge in [-0.15, -0.1) is 0 Å². The van der Waals surface area contributed by atoms with Crippen LogP contribution in [0.5, 0.6) is 0 Å². The minimum Gasteiger partial charge on any atom is -0.208 e. The predicted octanol–water partition coefficient (Wildman–Crippen LogP) is 10.4. The van der Waals surface area contributed by atoms with E-state index in [-0.39, 0.29) is 0 Å². The molecule has 0 aliphatic rings. The van der Waals surface area contributed by atoms with Crippen molar-refractivity contribution in [2.75, 3.05) is 0 Å². The fourth-order valence-corrected chi connectivity index (χ4v) is 1.01. The zero-order valence-electron chi connectivity index (χ0n) is 19.5. The zero-order chi connectivity index (χ0) is 23.7. The van der Waals surface area contributed by atoms with Crippen LogP contribution in [0.1, 0.15) is 55.4 Å². The highest BCUT2D eigenvalue weighted by Gasteiger charge is 1.91. The van der Waals surface area contributed by atoms with Crippen LogP contribution in [0.2, 0.25) is 0 Å². The number of rotatable bonds is 7. The van der Waals surface area contributed by atoms with E-state index in [0.29, 0.717) is 5.57 Å². The Morgan fingerprint density at radius 3 is 1.07 bits per heavy atom. The van der Waals surface area contributed by atoms with E-state index in [1.54, 1.807) is 6.08 Å². The molecule has 0 radical (unpaired) electrons. The highest BCUT2D eigenvalue weighted by Crippen LogP contribution is 2.10. The summed E-state index contributed by atoms with van der Waals surface area (Å²) in [5.74, 6) is -0.497. The number of allylic oxidation sites excluding steroid dienone is 12. The van der Waals surface area contributed by atoms with Gasteiger partial charge < -0.3 is 0 Å². The first kappa shape index (κ1) is 36.9. The molecule has 0 saturated carbocycles. The van der Waals surface area contributed by atoms with Crippen LogP contribution >= 0.6 is 15.9 Å². The van der Waals surface area contributed by atoms with Crippen molar-refractivity contribution in [1.29, 1.82) is 0 Å². The minimum atomic E-state index is -0.497. The van der Waals surface area contributed by atoms with Crippen molar-refractivity contribution in [1.82, 2.24) is 0 Å². The predicted molar refractivity (Wildman–Crippen MR) is 138 cm³/mol. The number of hydrogen-bond donors (Lipinski definition) is 0. The SMILES string of the molecule is C=C(C)/C=C\C(=C)Br.C=C(C)/C=C\C(=C)C(=C)/C=C\C(=C)F.CC.CC.CC. The molecule has 28 heavy (non-hydrogen) atoms. The first-order valence-electron chi connectivity index (χ1n) is 9.48. The van der Waals surface area contributed by atoms with Crippen LogP contribution in [0.4, 0.5) is 4.39 Å². The van der Waals surface area contributed by atoms with E-state index >= 15 is 0 Å². The average Bonchev–Trinajstić information content (AvgIpc) is 2.67. The lowest BCUT2D eigenvalue weighted by atomic mass is 10.1. The molecule has 0 heterocycles. The topological polar surface area (TPSA) is 0 Å². The Balaban J connectivity index is -0.000000107. The molecular weight excluding hydrogens is 411 g/mol. The summed E-state index contributed by atoms with van der Waals surface area (Å²) in [7, 11) is 0. The summed E-state index contributed by atoms with van der Waals surface area (Å²) in [4.78, 5) is 0. The second-order valence-electron chi connectivity index (χ2n) is 4.64. The lowest BCUT2D eigenvalue weighted by molar-refractivity contribution is 0.671. The molecule has 0 aromatic rings. The lowest BCUT2D eigenvalue weighted by Gasteiger charge is -1.97. The molecule has 0 aliphatic heterocycles. The van der Waals surface area contributed by atoms with E-state index in [1.165, 1.54) is 12.2 Å². The molecule has 0 N–H and O–H groups in total. The molecule has 0 spiro atoms. The molecule has 2 heteroatoms. The largest absolute Gasteiger partial charge is 0.208 e. The molecule has 0 saturated heterocycles. The number of hydrogen-bond acceptors (Lipinski definition) is 0. The van der Waals surface area contributed by atoms with Gasteiger partial charge in [-0.1, -0.05) is 132 Å². The summed E-state index contributed by atoms with van der Waals surface area (Å²) in [5.41, 5.74) is 3.34. The van der Waals surface area contributed by atoms with E-state index in [1.807, 2.05) is 73.6 Å². The van der Waals surface area contributed by atoms with Crippen LogP contribution in [-0.4, -0.2) is 0 Å². The maximum Gasteiger partial charge on any atom is 0.116 e. The molecule has 160 valence electrons. The smallest absolute Gasteiger partial charge is 0.116 e. The maximum absolute atomic E-state index is 12.3. The molecule has 0 nitrogen and oxygen atoms in total. The van der Waals surface area contributed by atoms with E-state index in [4.69, 9.17) is 0 Å². The van der Waals surface area contributed by atoms with E-state index in [2.05, 4.69) is 55.4 Å². The Morgan fingerprint density at radius 2 is 0.857 bits per heavy atom. The van der Waals surface area contributed by atoms with Crippen molar-refractivity contribution in [3.05, 3.63) is 109 Å². The van der Waals surface area contributed by atoms with Crippen LogP contribution in [-0.2, 0) is 0 Å². The summed E-state index contributed by atoms with van der Waals surface area (Å²) in [6, 6.07) is 0.